The minimum atomic E-state index is 0.609. The van der Waals surface area contributed by atoms with Crippen molar-refractivity contribution >= 4 is 23.2 Å². The maximum Gasteiger partial charge on any atom is 0.157 e. The Bertz CT molecular complexity index is 1010. The lowest BCUT2D eigenvalue weighted by Gasteiger charge is -2.06. The molecule has 0 amide bonds. The number of nitrogens with one attached hydrogen (secondary N) is 1. The Kier molecular flexibility index (Phi) is 4.26. The number of imidazole rings is 1. The van der Waals surface area contributed by atoms with Gasteiger partial charge in [0.2, 0.25) is 0 Å². The van der Waals surface area contributed by atoms with E-state index < -0.39 is 0 Å². The average Bonchev–Trinajstić information content (AvgIpc) is 3.10. The summed E-state index contributed by atoms with van der Waals surface area (Å²) >= 11 is 12.6. The van der Waals surface area contributed by atoms with Crippen LogP contribution in [0.25, 0.3) is 34.0 Å². The van der Waals surface area contributed by atoms with Gasteiger partial charge in [-0.3, -0.25) is 4.98 Å². The summed E-state index contributed by atoms with van der Waals surface area (Å²) in [4.78, 5) is 12.5. The molecule has 1 N–H and O–H groups in total. The Morgan fingerprint density at radius 3 is 2.40 bits per heavy atom. The highest BCUT2D eigenvalue weighted by atomic mass is 35.5. The predicted octanol–water partition coefficient (Wildman–Crippen LogP) is 6.11. The van der Waals surface area contributed by atoms with Crippen molar-refractivity contribution in [2.45, 2.75) is 0 Å². The molecule has 2 aromatic heterocycles. The molecule has 0 aliphatic carbocycles. The Hall–Kier alpha value is -2.62. The van der Waals surface area contributed by atoms with Crippen LogP contribution in [0.2, 0.25) is 10.0 Å². The van der Waals surface area contributed by atoms with Crippen LogP contribution in [0.4, 0.5) is 0 Å². The van der Waals surface area contributed by atoms with Crippen LogP contribution in [0.5, 0.6) is 0 Å². The second-order valence-electron chi connectivity index (χ2n) is 5.51. The van der Waals surface area contributed by atoms with Crippen molar-refractivity contribution in [2.75, 3.05) is 0 Å². The maximum atomic E-state index is 6.42. The van der Waals surface area contributed by atoms with Crippen LogP contribution in [0.3, 0.4) is 0 Å². The number of nitrogens with zero attached hydrogens (tertiary/aromatic N) is 2. The van der Waals surface area contributed by atoms with E-state index >= 15 is 0 Å². The van der Waals surface area contributed by atoms with Crippen molar-refractivity contribution < 1.29 is 0 Å². The molecular formula is C20H13Cl2N3. The van der Waals surface area contributed by atoms with E-state index in [4.69, 9.17) is 28.2 Å². The fourth-order valence-electron chi connectivity index (χ4n) is 2.69. The molecule has 0 fully saturated rings. The summed E-state index contributed by atoms with van der Waals surface area (Å²) in [5.41, 5.74) is 4.20. The summed E-state index contributed by atoms with van der Waals surface area (Å²) in [7, 11) is 0. The number of hydrogen-bond donors (Lipinski definition) is 1. The molecule has 2 heterocycles. The third-order valence-corrected chi connectivity index (χ3v) is 4.42. The maximum absolute atomic E-state index is 6.42. The number of H-pyrrole nitrogens is 1. The molecule has 0 radical (unpaired) electrons. The number of rotatable bonds is 3. The van der Waals surface area contributed by atoms with Gasteiger partial charge in [-0.2, -0.15) is 0 Å². The van der Waals surface area contributed by atoms with E-state index in [0.29, 0.717) is 15.9 Å². The molecule has 0 saturated carbocycles. The quantitative estimate of drug-likeness (QED) is 0.475. The van der Waals surface area contributed by atoms with E-state index in [1.165, 1.54) is 0 Å². The van der Waals surface area contributed by atoms with Crippen LogP contribution in [0.15, 0.2) is 72.9 Å². The molecule has 3 nitrogen and oxygen atoms in total. The first-order valence-electron chi connectivity index (χ1n) is 7.74. The summed E-state index contributed by atoms with van der Waals surface area (Å²) in [5.74, 6) is 0.686. The van der Waals surface area contributed by atoms with Gasteiger partial charge in [-0.05, 0) is 30.3 Å². The highest BCUT2D eigenvalue weighted by Gasteiger charge is 2.17. The van der Waals surface area contributed by atoms with Crippen LogP contribution in [0, 0.1) is 0 Å². The van der Waals surface area contributed by atoms with Crippen molar-refractivity contribution in [2.24, 2.45) is 0 Å². The van der Waals surface area contributed by atoms with Crippen LogP contribution in [0.1, 0.15) is 0 Å². The average molecular weight is 366 g/mol. The van der Waals surface area contributed by atoms with Gasteiger partial charge in [-0.1, -0.05) is 59.6 Å². The molecule has 0 unspecified atom stereocenters. The Balaban J connectivity index is 1.96. The third kappa shape index (κ3) is 3.16. The Labute approximate surface area is 155 Å². The minimum absolute atomic E-state index is 0.609. The van der Waals surface area contributed by atoms with Crippen molar-refractivity contribution in [3.63, 3.8) is 0 Å². The topological polar surface area (TPSA) is 41.6 Å². The van der Waals surface area contributed by atoms with E-state index in [-0.39, 0.29) is 0 Å². The summed E-state index contributed by atoms with van der Waals surface area (Å²) in [6.07, 6.45) is 1.74. The molecule has 0 aliphatic rings. The smallest absolute Gasteiger partial charge is 0.157 e. The van der Waals surface area contributed by atoms with E-state index in [0.717, 1.165) is 28.2 Å². The summed E-state index contributed by atoms with van der Waals surface area (Å²) in [6, 6.07) is 21.1. The van der Waals surface area contributed by atoms with Crippen LogP contribution in [-0.2, 0) is 0 Å². The van der Waals surface area contributed by atoms with Gasteiger partial charge in [0.05, 0.1) is 16.4 Å². The van der Waals surface area contributed by atoms with E-state index in [1.54, 1.807) is 18.3 Å². The fraction of sp³-hybridized carbons (Fsp3) is 0. The first kappa shape index (κ1) is 15.9. The zero-order chi connectivity index (χ0) is 17.2. The minimum Gasteiger partial charge on any atom is -0.336 e. The molecule has 0 spiro atoms. The van der Waals surface area contributed by atoms with Crippen molar-refractivity contribution in [3.05, 3.63) is 83.0 Å². The molecule has 0 aliphatic heterocycles. The van der Waals surface area contributed by atoms with E-state index in [9.17, 15) is 0 Å². The lowest BCUT2D eigenvalue weighted by atomic mass is 10.1. The van der Waals surface area contributed by atoms with Crippen molar-refractivity contribution in [1.82, 2.24) is 15.0 Å². The zero-order valence-corrected chi connectivity index (χ0v) is 14.6. The summed E-state index contributed by atoms with van der Waals surface area (Å²) in [6.45, 7) is 0. The van der Waals surface area contributed by atoms with Gasteiger partial charge in [-0.15, -0.1) is 0 Å². The molecule has 0 saturated heterocycles. The van der Waals surface area contributed by atoms with Crippen molar-refractivity contribution in [1.29, 1.82) is 0 Å². The van der Waals surface area contributed by atoms with E-state index in [1.807, 2.05) is 54.6 Å². The molecular weight excluding hydrogens is 353 g/mol. The summed E-state index contributed by atoms with van der Waals surface area (Å²) < 4.78 is 0. The van der Waals surface area contributed by atoms with Gasteiger partial charge in [0.1, 0.15) is 5.69 Å². The summed E-state index contributed by atoms with van der Waals surface area (Å²) in [5, 5.41) is 1.23. The lowest BCUT2D eigenvalue weighted by molar-refractivity contribution is 1.22. The molecule has 0 atom stereocenters. The lowest BCUT2D eigenvalue weighted by Crippen LogP contribution is -1.85. The Morgan fingerprint density at radius 2 is 1.64 bits per heavy atom. The number of hydrogen-bond acceptors (Lipinski definition) is 2. The zero-order valence-electron chi connectivity index (χ0n) is 13.1. The fourth-order valence-corrected chi connectivity index (χ4v) is 3.07. The Morgan fingerprint density at radius 1 is 0.840 bits per heavy atom. The number of halogens is 2. The number of pyridine rings is 1. The highest BCUT2D eigenvalue weighted by molar-refractivity contribution is 6.35. The normalized spacial score (nSPS) is 10.8. The van der Waals surface area contributed by atoms with Crippen LogP contribution >= 0.6 is 23.2 Å². The predicted molar refractivity (Wildman–Crippen MR) is 103 cm³/mol. The second kappa shape index (κ2) is 6.71. The molecule has 5 heteroatoms. The molecule has 4 rings (SSSR count). The number of benzene rings is 2. The number of aromatic nitrogens is 3. The third-order valence-electron chi connectivity index (χ3n) is 3.86. The van der Waals surface area contributed by atoms with Gasteiger partial charge in [-0.25, -0.2) is 4.98 Å². The van der Waals surface area contributed by atoms with Gasteiger partial charge < -0.3 is 4.98 Å². The standard InChI is InChI=1S/C20H13Cl2N3/c21-14-9-10-16(22)15(12-14)19-18(13-6-2-1-3-7-13)24-20(25-19)17-8-4-5-11-23-17/h1-12H,(H,24,25). The van der Waals surface area contributed by atoms with Crippen molar-refractivity contribution in [3.8, 4) is 34.0 Å². The molecule has 122 valence electrons. The molecule has 25 heavy (non-hydrogen) atoms. The van der Waals surface area contributed by atoms with Gasteiger partial charge in [0.15, 0.2) is 5.82 Å². The number of aromatic amines is 1. The van der Waals surface area contributed by atoms with Crippen LogP contribution in [-0.4, -0.2) is 15.0 Å². The highest BCUT2D eigenvalue weighted by Crippen LogP contribution is 2.37. The first-order chi connectivity index (χ1) is 12.2. The molecule has 2 aromatic carbocycles. The first-order valence-corrected chi connectivity index (χ1v) is 8.50. The van der Waals surface area contributed by atoms with Gasteiger partial charge in [0, 0.05) is 22.3 Å². The van der Waals surface area contributed by atoms with Gasteiger partial charge in [0.25, 0.3) is 0 Å². The molecule has 0 bridgehead atoms. The molecule has 4 aromatic rings. The van der Waals surface area contributed by atoms with Gasteiger partial charge >= 0.3 is 0 Å². The van der Waals surface area contributed by atoms with E-state index in [2.05, 4.69) is 9.97 Å². The monoisotopic (exact) mass is 365 g/mol. The second-order valence-corrected chi connectivity index (χ2v) is 6.36. The SMILES string of the molecule is Clc1ccc(Cl)c(-c2[nH]c(-c3ccccn3)nc2-c2ccccc2)c1. The van der Waals surface area contributed by atoms with Crippen LogP contribution < -0.4 is 0 Å². The largest absolute Gasteiger partial charge is 0.336 e.